The van der Waals surface area contributed by atoms with Gasteiger partial charge < -0.3 is 4.98 Å². The van der Waals surface area contributed by atoms with Crippen LogP contribution >= 0.6 is 23.4 Å². The van der Waals surface area contributed by atoms with E-state index in [-0.39, 0.29) is 11.3 Å². The summed E-state index contributed by atoms with van der Waals surface area (Å²) in [5, 5.41) is 0.325. The van der Waals surface area contributed by atoms with Crippen LogP contribution in [0.4, 0.5) is 26.3 Å². The second-order valence-corrected chi connectivity index (χ2v) is 5.52. The highest BCUT2D eigenvalue weighted by molar-refractivity contribution is 8.00. The van der Waals surface area contributed by atoms with Crippen LogP contribution in [0, 0.1) is 0 Å². The number of aromatic amines is 1. The topological polar surface area (TPSA) is 15.8 Å². The molecule has 0 fully saturated rings. The van der Waals surface area contributed by atoms with Crippen LogP contribution in [0.15, 0.2) is 35.2 Å². The van der Waals surface area contributed by atoms with E-state index >= 15 is 0 Å². The van der Waals surface area contributed by atoms with Gasteiger partial charge in [0.1, 0.15) is 5.69 Å². The van der Waals surface area contributed by atoms with Crippen LogP contribution in [0.3, 0.4) is 0 Å². The van der Waals surface area contributed by atoms with Crippen molar-refractivity contribution < 1.29 is 26.3 Å². The van der Waals surface area contributed by atoms with Crippen molar-refractivity contribution >= 4 is 23.4 Å². The molecule has 0 unspecified atom stereocenters. The van der Waals surface area contributed by atoms with Crippen LogP contribution in [-0.4, -0.2) is 10.5 Å². The second-order valence-electron chi connectivity index (χ2n) is 3.97. The van der Waals surface area contributed by atoms with Gasteiger partial charge in [-0.3, -0.25) is 0 Å². The summed E-state index contributed by atoms with van der Waals surface area (Å²) >= 11 is 5.05. The van der Waals surface area contributed by atoms with E-state index in [0.717, 1.165) is 0 Å². The molecule has 114 valence electrons. The van der Waals surface area contributed by atoms with Gasteiger partial charge in [-0.1, -0.05) is 23.7 Å². The van der Waals surface area contributed by atoms with E-state index in [1.807, 2.05) is 4.98 Å². The molecule has 0 amide bonds. The molecule has 0 saturated heterocycles. The van der Waals surface area contributed by atoms with Crippen LogP contribution < -0.4 is 0 Å². The van der Waals surface area contributed by atoms with E-state index in [1.54, 1.807) is 0 Å². The van der Waals surface area contributed by atoms with Gasteiger partial charge >= 0.3 is 11.7 Å². The maximum absolute atomic E-state index is 12.7. The minimum atomic E-state index is -4.76. The van der Waals surface area contributed by atoms with Gasteiger partial charge in [0.2, 0.25) is 0 Å². The van der Waals surface area contributed by atoms with E-state index in [2.05, 4.69) is 0 Å². The van der Waals surface area contributed by atoms with Crippen LogP contribution in [0.5, 0.6) is 0 Å². The monoisotopic (exact) mass is 345 g/mol. The third-order valence-corrected chi connectivity index (χ3v) is 3.47. The van der Waals surface area contributed by atoms with Crippen molar-refractivity contribution in [3.63, 3.8) is 0 Å². The van der Waals surface area contributed by atoms with Crippen LogP contribution in [0.1, 0.15) is 5.69 Å². The van der Waals surface area contributed by atoms with Gasteiger partial charge in [-0.2, -0.15) is 26.3 Å². The zero-order valence-corrected chi connectivity index (χ0v) is 11.5. The Kier molecular flexibility index (Phi) is 4.21. The molecule has 0 spiro atoms. The first-order valence-corrected chi connectivity index (χ1v) is 6.57. The van der Waals surface area contributed by atoms with Crippen LogP contribution in [-0.2, 0) is 6.18 Å². The molecule has 2 aromatic rings. The highest BCUT2D eigenvalue weighted by Crippen LogP contribution is 2.44. The molecule has 0 radical (unpaired) electrons. The summed E-state index contributed by atoms with van der Waals surface area (Å²) in [5.74, 6) is 0. The normalized spacial score (nSPS) is 12.7. The van der Waals surface area contributed by atoms with Gasteiger partial charge in [-0.05, 0) is 35.5 Å². The maximum Gasteiger partial charge on any atom is 0.446 e. The van der Waals surface area contributed by atoms with E-state index in [1.165, 1.54) is 24.3 Å². The number of nitrogens with one attached hydrogen (secondary N) is 1. The number of hydrogen-bond donors (Lipinski definition) is 1. The quantitative estimate of drug-likeness (QED) is 0.524. The summed E-state index contributed by atoms with van der Waals surface area (Å²) in [6.45, 7) is 0. The second kappa shape index (κ2) is 5.49. The number of rotatable bonds is 2. The van der Waals surface area contributed by atoms with E-state index in [4.69, 9.17) is 11.6 Å². The third-order valence-electron chi connectivity index (χ3n) is 2.45. The number of thioether (sulfide) groups is 1. The third kappa shape index (κ3) is 4.10. The Morgan fingerprint density at radius 2 is 1.52 bits per heavy atom. The Hall–Kier alpha value is -1.28. The lowest BCUT2D eigenvalue weighted by Gasteiger charge is -2.07. The fourth-order valence-corrected chi connectivity index (χ4v) is 2.45. The van der Waals surface area contributed by atoms with Crippen LogP contribution in [0.2, 0.25) is 5.02 Å². The van der Waals surface area contributed by atoms with Crippen molar-refractivity contribution in [3.05, 3.63) is 41.0 Å². The van der Waals surface area contributed by atoms with Crippen molar-refractivity contribution in [2.45, 2.75) is 16.6 Å². The largest absolute Gasteiger partial charge is 0.446 e. The van der Waals surface area contributed by atoms with Crippen molar-refractivity contribution in [3.8, 4) is 11.3 Å². The zero-order chi connectivity index (χ0) is 15.8. The number of alkyl halides is 6. The fourth-order valence-electron chi connectivity index (χ4n) is 1.62. The number of H-pyrrole nitrogens is 1. The lowest BCUT2D eigenvalue weighted by molar-refractivity contribution is -0.140. The van der Waals surface area contributed by atoms with Crippen molar-refractivity contribution in [1.82, 2.24) is 4.98 Å². The standard InChI is InChI=1S/C12H6ClF6NS/c13-7-3-1-6(2-4-7)10-8(21-12(17,18)19)5-9(20-10)11(14,15)16/h1-5,20H. The summed E-state index contributed by atoms with van der Waals surface area (Å²) in [6, 6.07) is 5.89. The molecule has 2 rings (SSSR count). The number of hydrogen-bond acceptors (Lipinski definition) is 1. The van der Waals surface area contributed by atoms with Crippen molar-refractivity contribution in [1.29, 1.82) is 0 Å². The molecule has 1 nitrogen and oxygen atoms in total. The Bertz CT molecular complexity index is 629. The predicted molar refractivity (Wildman–Crippen MR) is 68.2 cm³/mol. The molecule has 0 aliphatic heterocycles. The molecule has 0 bridgehead atoms. The molecule has 0 saturated carbocycles. The molecule has 1 aromatic carbocycles. The highest BCUT2D eigenvalue weighted by atomic mass is 35.5. The molecule has 0 aliphatic carbocycles. The Morgan fingerprint density at radius 1 is 0.952 bits per heavy atom. The Balaban J connectivity index is 2.51. The lowest BCUT2D eigenvalue weighted by atomic mass is 10.2. The SMILES string of the molecule is FC(F)(F)Sc1cc(C(F)(F)F)[nH]c1-c1ccc(Cl)cc1. The van der Waals surface area contributed by atoms with E-state index < -0.39 is 34.0 Å². The first-order valence-electron chi connectivity index (χ1n) is 5.38. The molecule has 0 aliphatic rings. The van der Waals surface area contributed by atoms with Crippen LogP contribution in [0.25, 0.3) is 11.3 Å². The molecule has 0 atom stereocenters. The molecule has 1 heterocycles. The van der Waals surface area contributed by atoms with Crippen molar-refractivity contribution in [2.24, 2.45) is 0 Å². The first-order chi connectivity index (χ1) is 9.56. The summed E-state index contributed by atoms with van der Waals surface area (Å²) in [4.78, 5) is 1.45. The summed E-state index contributed by atoms with van der Waals surface area (Å²) in [6.07, 6.45) is -4.76. The zero-order valence-electron chi connectivity index (χ0n) is 9.94. The minimum absolute atomic E-state index is 0.182. The summed E-state index contributed by atoms with van der Waals surface area (Å²) in [5.41, 5.74) is -5.99. The van der Waals surface area contributed by atoms with Crippen molar-refractivity contribution in [2.75, 3.05) is 0 Å². The van der Waals surface area contributed by atoms with Gasteiger partial charge in [-0.15, -0.1) is 0 Å². The lowest BCUT2D eigenvalue weighted by Crippen LogP contribution is -2.04. The average molecular weight is 346 g/mol. The van der Waals surface area contributed by atoms with Gasteiger partial charge in [0.25, 0.3) is 0 Å². The van der Waals surface area contributed by atoms with Gasteiger partial charge in [0.05, 0.1) is 5.69 Å². The summed E-state index contributed by atoms with van der Waals surface area (Å²) in [7, 11) is 0. The van der Waals surface area contributed by atoms with E-state index in [0.29, 0.717) is 11.1 Å². The highest BCUT2D eigenvalue weighted by Gasteiger charge is 2.37. The average Bonchev–Trinajstić information content (AvgIpc) is 2.71. The van der Waals surface area contributed by atoms with Gasteiger partial charge in [-0.25, -0.2) is 0 Å². The fraction of sp³-hybridized carbons (Fsp3) is 0.167. The molecular formula is C12H6ClF6NS. The molecular weight excluding hydrogens is 340 g/mol. The molecule has 9 heteroatoms. The van der Waals surface area contributed by atoms with Gasteiger partial charge in [0.15, 0.2) is 0 Å². The summed E-state index contributed by atoms with van der Waals surface area (Å²) < 4.78 is 75.3. The van der Waals surface area contributed by atoms with Gasteiger partial charge in [0, 0.05) is 9.92 Å². The number of aromatic nitrogens is 1. The predicted octanol–water partition coefficient (Wildman–Crippen LogP) is 5.97. The molecule has 1 N–H and O–H groups in total. The Labute approximate surface area is 124 Å². The first kappa shape index (κ1) is 16.1. The van der Waals surface area contributed by atoms with E-state index in [9.17, 15) is 26.3 Å². The Morgan fingerprint density at radius 3 is 2.00 bits per heavy atom. The number of benzene rings is 1. The molecule has 21 heavy (non-hydrogen) atoms. The number of halogens is 7. The molecule has 1 aromatic heterocycles. The maximum atomic E-state index is 12.7. The smallest absolute Gasteiger partial charge is 0.350 e. The minimum Gasteiger partial charge on any atom is -0.350 e.